The molecule has 4 nitrogen and oxygen atoms in total. The van der Waals surface area contributed by atoms with Crippen LogP contribution >= 0.6 is 11.8 Å². The third-order valence-corrected chi connectivity index (χ3v) is 6.26. The summed E-state index contributed by atoms with van der Waals surface area (Å²) in [7, 11) is 0. The summed E-state index contributed by atoms with van der Waals surface area (Å²) in [5, 5.41) is 15.7. The quantitative estimate of drug-likeness (QED) is 0.826. The van der Waals surface area contributed by atoms with E-state index in [9.17, 15) is 10.1 Å². The number of nitrogens with one attached hydrogen (secondary N) is 2. The van der Waals surface area contributed by atoms with Gasteiger partial charge in [-0.15, -0.1) is 0 Å². The fraction of sp³-hybridized carbons (Fsp3) is 0.333. The lowest BCUT2D eigenvalue weighted by Crippen LogP contribution is -2.45. The van der Waals surface area contributed by atoms with Crippen LogP contribution in [0.15, 0.2) is 60.7 Å². The summed E-state index contributed by atoms with van der Waals surface area (Å²) in [5.74, 6) is -0.0978. The molecule has 0 unspecified atom stereocenters. The van der Waals surface area contributed by atoms with E-state index in [1.54, 1.807) is 11.8 Å². The zero-order valence-corrected chi connectivity index (χ0v) is 15.6. The largest absolute Gasteiger partial charge is 0.339 e. The van der Waals surface area contributed by atoms with E-state index in [1.165, 1.54) is 5.56 Å². The Morgan fingerprint density at radius 3 is 2.54 bits per heavy atom. The molecule has 0 bridgehead atoms. The highest BCUT2D eigenvalue weighted by Crippen LogP contribution is 2.42. The molecule has 2 aromatic rings. The van der Waals surface area contributed by atoms with Crippen molar-refractivity contribution in [1.29, 1.82) is 5.26 Å². The molecule has 2 aromatic carbocycles. The van der Waals surface area contributed by atoms with Crippen molar-refractivity contribution in [1.82, 2.24) is 10.6 Å². The van der Waals surface area contributed by atoms with Crippen LogP contribution in [0.5, 0.6) is 0 Å². The van der Waals surface area contributed by atoms with Gasteiger partial charge in [-0.3, -0.25) is 4.79 Å². The van der Waals surface area contributed by atoms with Gasteiger partial charge in [-0.05, 0) is 23.8 Å². The van der Waals surface area contributed by atoms with Gasteiger partial charge in [0, 0.05) is 13.0 Å². The normalized spacial score (nSPS) is 23.2. The molecule has 3 atom stereocenters. The van der Waals surface area contributed by atoms with Crippen LogP contribution in [0.1, 0.15) is 17.5 Å². The summed E-state index contributed by atoms with van der Waals surface area (Å²) >= 11 is 1.77. The van der Waals surface area contributed by atoms with Gasteiger partial charge in [0.15, 0.2) is 0 Å². The van der Waals surface area contributed by atoms with E-state index in [4.69, 9.17) is 0 Å². The maximum Gasteiger partial charge on any atom is 0.238 e. The molecule has 2 N–H and O–H groups in total. The van der Waals surface area contributed by atoms with E-state index in [1.807, 2.05) is 48.5 Å². The van der Waals surface area contributed by atoms with Crippen molar-refractivity contribution in [3.63, 3.8) is 0 Å². The van der Waals surface area contributed by atoms with Gasteiger partial charge in [0.05, 0.1) is 16.9 Å². The van der Waals surface area contributed by atoms with Crippen molar-refractivity contribution >= 4 is 17.7 Å². The van der Waals surface area contributed by atoms with Crippen LogP contribution in [0.25, 0.3) is 0 Å². The second-order valence-electron chi connectivity index (χ2n) is 6.58. The summed E-state index contributed by atoms with van der Waals surface area (Å²) in [6.07, 6.45) is 3.32. The van der Waals surface area contributed by atoms with Crippen molar-refractivity contribution in [3.05, 3.63) is 71.8 Å². The zero-order valence-electron chi connectivity index (χ0n) is 14.8. The van der Waals surface area contributed by atoms with Crippen LogP contribution in [0.2, 0.25) is 0 Å². The molecule has 1 aliphatic heterocycles. The molecular weight excluding hydrogens is 342 g/mol. The molecule has 26 heavy (non-hydrogen) atoms. The number of hydrogen-bond donors (Lipinski definition) is 2. The van der Waals surface area contributed by atoms with Gasteiger partial charge in [0.1, 0.15) is 6.04 Å². The molecule has 1 saturated heterocycles. The minimum atomic E-state index is -0.521. The molecule has 134 valence electrons. The number of carbonyl (C=O) groups excluding carboxylic acids is 1. The molecule has 1 fully saturated rings. The third kappa shape index (κ3) is 4.09. The first-order valence-electron chi connectivity index (χ1n) is 8.75. The summed E-state index contributed by atoms with van der Waals surface area (Å²) in [4.78, 5) is 12.7. The molecular formula is C21H23N3OS. The molecule has 1 amide bonds. The summed E-state index contributed by atoms with van der Waals surface area (Å²) in [6.45, 7) is 0.742. The van der Waals surface area contributed by atoms with Crippen LogP contribution in [-0.4, -0.2) is 30.8 Å². The van der Waals surface area contributed by atoms with E-state index < -0.39 is 6.04 Å². The Bertz CT molecular complexity index is 775. The Morgan fingerprint density at radius 2 is 1.92 bits per heavy atom. The average molecular weight is 366 g/mol. The molecule has 0 aliphatic carbocycles. The lowest BCUT2D eigenvalue weighted by molar-refractivity contribution is -0.123. The lowest BCUT2D eigenvalue weighted by atomic mass is 9.95. The predicted octanol–water partition coefficient (Wildman–Crippen LogP) is 2.86. The molecule has 0 saturated carbocycles. The average Bonchev–Trinajstić information content (AvgIpc) is 3.15. The summed E-state index contributed by atoms with van der Waals surface area (Å²) in [5.41, 5.74) is 2.28. The van der Waals surface area contributed by atoms with Crippen molar-refractivity contribution < 1.29 is 4.79 Å². The summed E-state index contributed by atoms with van der Waals surface area (Å²) in [6, 6.07) is 21.5. The highest BCUT2D eigenvalue weighted by Gasteiger charge is 2.42. The molecule has 0 radical (unpaired) electrons. The number of amides is 1. The predicted molar refractivity (Wildman–Crippen MR) is 106 cm³/mol. The molecule has 5 heteroatoms. The fourth-order valence-corrected chi connectivity index (χ4v) is 4.37. The van der Waals surface area contributed by atoms with Gasteiger partial charge >= 0.3 is 0 Å². The first-order valence-corrected chi connectivity index (χ1v) is 9.97. The SMILES string of the molecule is CS[C@]1(c2ccccc2)CN[C@H](C(=O)N[C@H](C#N)Cc2ccccc2)C1. The third-order valence-electron chi connectivity index (χ3n) is 4.93. The first-order chi connectivity index (χ1) is 12.7. The van der Waals surface area contributed by atoms with Gasteiger partial charge in [0.2, 0.25) is 5.91 Å². The van der Waals surface area contributed by atoms with Gasteiger partial charge in [-0.25, -0.2) is 0 Å². The van der Waals surface area contributed by atoms with Crippen LogP contribution in [0, 0.1) is 11.3 Å². The smallest absolute Gasteiger partial charge is 0.238 e. The van der Waals surface area contributed by atoms with Gasteiger partial charge < -0.3 is 10.6 Å². The lowest BCUT2D eigenvalue weighted by Gasteiger charge is -2.27. The van der Waals surface area contributed by atoms with Crippen LogP contribution < -0.4 is 10.6 Å². The zero-order chi connectivity index (χ0) is 18.4. The van der Waals surface area contributed by atoms with Crippen molar-refractivity contribution in [2.24, 2.45) is 0 Å². The fourth-order valence-electron chi connectivity index (χ4n) is 3.43. The number of nitrogens with zero attached hydrogens (tertiary/aromatic N) is 1. The Morgan fingerprint density at radius 1 is 1.27 bits per heavy atom. The topological polar surface area (TPSA) is 64.9 Å². The highest BCUT2D eigenvalue weighted by molar-refractivity contribution is 7.99. The van der Waals surface area contributed by atoms with Crippen LogP contribution in [0.3, 0.4) is 0 Å². The number of hydrogen-bond acceptors (Lipinski definition) is 4. The number of benzene rings is 2. The molecule has 3 rings (SSSR count). The van der Waals surface area contributed by atoms with E-state index in [0.29, 0.717) is 12.8 Å². The first kappa shape index (κ1) is 18.5. The maximum absolute atomic E-state index is 12.7. The maximum atomic E-state index is 12.7. The van der Waals surface area contributed by atoms with Crippen molar-refractivity contribution in [3.8, 4) is 6.07 Å². The highest BCUT2D eigenvalue weighted by atomic mass is 32.2. The van der Waals surface area contributed by atoms with Gasteiger partial charge in [-0.2, -0.15) is 17.0 Å². The standard InChI is InChI=1S/C21H23N3OS/c1-26-21(17-10-6-3-7-11-17)13-19(23-15-21)20(25)24-18(14-22)12-16-8-4-2-5-9-16/h2-11,18-19,23H,12-13,15H2,1H3,(H,24,25)/t18-,19-,21-/m0/s1. The Kier molecular flexibility index (Phi) is 5.97. The number of rotatable bonds is 6. The molecule has 1 aliphatic rings. The minimum Gasteiger partial charge on any atom is -0.339 e. The van der Waals surface area contributed by atoms with E-state index >= 15 is 0 Å². The molecule has 1 heterocycles. The van der Waals surface area contributed by atoms with E-state index in [-0.39, 0.29) is 16.7 Å². The Hall–Kier alpha value is -2.29. The monoisotopic (exact) mass is 365 g/mol. The second kappa shape index (κ2) is 8.39. The van der Waals surface area contributed by atoms with E-state index in [0.717, 1.165) is 12.1 Å². The van der Waals surface area contributed by atoms with E-state index in [2.05, 4.69) is 35.1 Å². The second-order valence-corrected chi connectivity index (χ2v) is 7.77. The van der Waals surface area contributed by atoms with Crippen molar-refractivity contribution in [2.75, 3.05) is 12.8 Å². The molecule has 0 aromatic heterocycles. The Balaban J connectivity index is 1.64. The minimum absolute atomic E-state index is 0.0978. The summed E-state index contributed by atoms with van der Waals surface area (Å²) < 4.78 is -0.106. The number of nitriles is 1. The van der Waals surface area contributed by atoms with Crippen molar-refractivity contribution in [2.45, 2.75) is 29.7 Å². The number of carbonyl (C=O) groups is 1. The number of thioether (sulfide) groups is 1. The van der Waals surface area contributed by atoms with Gasteiger partial charge in [0.25, 0.3) is 0 Å². The Labute approximate surface area is 159 Å². The van der Waals surface area contributed by atoms with Crippen LogP contribution in [-0.2, 0) is 16.0 Å². The molecule has 0 spiro atoms. The van der Waals surface area contributed by atoms with Crippen LogP contribution in [0.4, 0.5) is 0 Å². The van der Waals surface area contributed by atoms with Gasteiger partial charge in [-0.1, -0.05) is 60.7 Å².